The summed E-state index contributed by atoms with van der Waals surface area (Å²) in [6, 6.07) is 23.2. The number of amides is 1. The molecule has 4 aromatic carbocycles. The number of likely N-dealkylation sites (tertiary alicyclic amines) is 1. The molecule has 1 saturated heterocycles. The number of aromatic nitrogens is 2. The normalized spacial score (nSPS) is 14.0. The molecule has 2 unspecified atom stereocenters. The van der Waals surface area contributed by atoms with Crippen molar-refractivity contribution in [2.24, 2.45) is 0 Å². The maximum absolute atomic E-state index is 14.5. The van der Waals surface area contributed by atoms with Gasteiger partial charge in [-0.2, -0.15) is 18.2 Å². The zero-order chi connectivity index (χ0) is 44.3. The summed E-state index contributed by atoms with van der Waals surface area (Å²) in [5, 5.41) is 32.9. The van der Waals surface area contributed by atoms with Crippen LogP contribution in [0.4, 0.5) is 22.0 Å². The van der Waals surface area contributed by atoms with E-state index in [0.717, 1.165) is 61.8 Å². The summed E-state index contributed by atoms with van der Waals surface area (Å²) in [4.78, 5) is 55.3. The van der Waals surface area contributed by atoms with Crippen molar-refractivity contribution < 1.29 is 56.8 Å². The monoisotopic (exact) mass is 852 g/mol. The lowest BCUT2D eigenvalue weighted by Gasteiger charge is -2.25. The van der Waals surface area contributed by atoms with Gasteiger partial charge in [-0.25, -0.2) is 18.4 Å². The van der Waals surface area contributed by atoms with E-state index in [9.17, 15) is 41.1 Å². The Hall–Kier alpha value is -6.04. The van der Waals surface area contributed by atoms with Gasteiger partial charge >= 0.3 is 18.1 Å². The second-order valence-corrected chi connectivity index (χ2v) is 14.6. The fraction of sp³-hybridized carbons (Fsp3) is 0.341. The number of aliphatic hydroxyl groups is 2. The van der Waals surface area contributed by atoms with Gasteiger partial charge in [0.25, 0.3) is 5.56 Å². The Kier molecular flexibility index (Phi) is 15.8. The number of aliphatic carboxylic acids is 2. The van der Waals surface area contributed by atoms with Crippen molar-refractivity contribution in [2.45, 2.75) is 70.0 Å². The fourth-order valence-electron chi connectivity index (χ4n) is 6.94. The Bertz CT molecular complexity index is 2330. The summed E-state index contributed by atoms with van der Waals surface area (Å²) >= 11 is 0. The minimum Gasteiger partial charge on any atom is -0.479 e. The molecule has 17 heteroatoms. The second-order valence-electron chi connectivity index (χ2n) is 14.6. The number of carboxylic acids is 2. The smallest absolute Gasteiger partial charge is 0.416 e. The van der Waals surface area contributed by atoms with Gasteiger partial charge in [-0.1, -0.05) is 60.7 Å². The highest BCUT2D eigenvalue weighted by atomic mass is 19.4. The van der Waals surface area contributed by atoms with Gasteiger partial charge in [0.2, 0.25) is 5.91 Å². The predicted molar refractivity (Wildman–Crippen MR) is 214 cm³/mol. The molecule has 6 rings (SSSR count). The number of carbonyl (C=O) groups excluding carboxylic acids is 1. The number of aliphatic hydroxyl groups excluding tert-OH is 2. The van der Waals surface area contributed by atoms with Crippen molar-refractivity contribution in [3.63, 3.8) is 0 Å². The van der Waals surface area contributed by atoms with Crippen LogP contribution < -0.4 is 5.56 Å². The topological polar surface area (TPSA) is 174 Å². The SMILES string of the molecule is O=C(Cn1c(CCc2cccc(F)c2F)nc(=O)c2ccccc21)N(CCCCN1CCCC1)Cc1ccc(-c2ccc(C(F)(F)F)cc2)cc1.O=C(O)C(O)C(O)C(=O)O. The standard InChI is InChI=1S/C40H39F5N4O2.C4H6O6/c41-34-10-7-8-31(38(34)42)18-21-36-46-39(51)33-9-1-2-11-35(33)49(36)27-37(50)48(25-6-5-24-47-22-3-4-23-47)26-28-12-14-29(15-13-28)30-16-19-32(20-17-30)40(43,44)45;5-1(3(7)8)2(6)4(9)10/h1-2,7-17,19-20H,3-6,18,21-27H2;1-2,5-6H,(H,7,8)(H,9,10). The molecule has 0 bridgehead atoms. The highest BCUT2D eigenvalue weighted by Gasteiger charge is 2.30. The molecule has 1 aliphatic rings. The van der Waals surface area contributed by atoms with Crippen molar-refractivity contribution in [3.8, 4) is 11.1 Å². The molecule has 12 nitrogen and oxygen atoms in total. The molecule has 5 aromatic rings. The third kappa shape index (κ3) is 12.5. The Morgan fingerprint density at radius 2 is 1.38 bits per heavy atom. The molecule has 2 atom stereocenters. The number of hydrogen-bond acceptors (Lipinski definition) is 8. The maximum atomic E-state index is 14.5. The molecule has 1 amide bonds. The number of benzene rings is 4. The van der Waals surface area contributed by atoms with Gasteiger partial charge in [0, 0.05) is 19.5 Å². The summed E-state index contributed by atoms with van der Waals surface area (Å²) in [7, 11) is 0. The van der Waals surface area contributed by atoms with Gasteiger partial charge < -0.3 is 34.8 Å². The Morgan fingerprint density at radius 3 is 1.98 bits per heavy atom. The van der Waals surface area contributed by atoms with Crippen LogP contribution >= 0.6 is 0 Å². The van der Waals surface area contributed by atoms with Crippen LogP contribution in [0.5, 0.6) is 0 Å². The van der Waals surface area contributed by atoms with Crippen molar-refractivity contribution in [3.05, 3.63) is 135 Å². The van der Waals surface area contributed by atoms with Crippen LogP contribution in [0, 0.1) is 11.6 Å². The van der Waals surface area contributed by atoms with Crippen molar-refractivity contribution in [2.75, 3.05) is 26.2 Å². The molecule has 1 fully saturated rings. The summed E-state index contributed by atoms with van der Waals surface area (Å²) < 4.78 is 69.3. The van der Waals surface area contributed by atoms with E-state index in [-0.39, 0.29) is 30.9 Å². The van der Waals surface area contributed by atoms with Gasteiger partial charge in [-0.05, 0) is 104 Å². The third-order valence-corrected chi connectivity index (χ3v) is 10.3. The molecule has 0 spiro atoms. The molecule has 1 aromatic heterocycles. The Labute approximate surface area is 347 Å². The number of aryl methyl sites for hydroxylation is 2. The minimum absolute atomic E-state index is 0.0774. The number of carbonyl (C=O) groups is 3. The van der Waals surface area contributed by atoms with Gasteiger partial charge in [0.15, 0.2) is 23.8 Å². The predicted octanol–water partition coefficient (Wildman–Crippen LogP) is 5.93. The average Bonchev–Trinajstić information content (AvgIpc) is 3.77. The zero-order valence-corrected chi connectivity index (χ0v) is 32.9. The average molecular weight is 853 g/mol. The number of alkyl halides is 3. The van der Waals surface area contributed by atoms with Crippen LogP contribution in [-0.2, 0) is 46.5 Å². The van der Waals surface area contributed by atoms with E-state index in [0.29, 0.717) is 35.4 Å². The van der Waals surface area contributed by atoms with E-state index in [1.807, 2.05) is 24.3 Å². The number of para-hydroxylation sites is 1. The molecule has 0 saturated carbocycles. The Balaban J connectivity index is 0.000000626. The highest BCUT2D eigenvalue weighted by molar-refractivity contribution is 5.83. The van der Waals surface area contributed by atoms with E-state index < -0.39 is 53.1 Å². The number of carboxylic acid groups (broad SMARTS) is 2. The van der Waals surface area contributed by atoms with Gasteiger partial charge in [-0.15, -0.1) is 0 Å². The number of halogens is 5. The van der Waals surface area contributed by atoms with Crippen molar-refractivity contribution >= 4 is 28.7 Å². The van der Waals surface area contributed by atoms with Crippen molar-refractivity contribution in [1.82, 2.24) is 19.4 Å². The molecular formula is C44H45F5N4O8. The molecule has 324 valence electrons. The third-order valence-electron chi connectivity index (χ3n) is 10.3. The minimum atomic E-state index is -4.41. The van der Waals surface area contributed by atoms with Gasteiger partial charge in [0.05, 0.1) is 16.5 Å². The van der Waals surface area contributed by atoms with Gasteiger partial charge in [0.1, 0.15) is 12.4 Å². The molecule has 2 heterocycles. The first kappa shape index (κ1) is 46.0. The summed E-state index contributed by atoms with van der Waals surface area (Å²) in [6.45, 7) is 3.79. The lowest BCUT2D eigenvalue weighted by molar-refractivity contribution is -0.165. The number of unbranched alkanes of at least 4 members (excludes halogenated alkanes) is 1. The molecular weight excluding hydrogens is 807 g/mol. The first-order valence-electron chi connectivity index (χ1n) is 19.5. The number of fused-ring (bicyclic) bond motifs is 1. The molecule has 61 heavy (non-hydrogen) atoms. The van der Waals surface area contributed by atoms with Crippen LogP contribution in [0.15, 0.2) is 95.8 Å². The van der Waals surface area contributed by atoms with Crippen LogP contribution in [0.3, 0.4) is 0 Å². The number of hydrogen-bond donors (Lipinski definition) is 4. The largest absolute Gasteiger partial charge is 0.479 e. The van der Waals surface area contributed by atoms with Crippen molar-refractivity contribution in [1.29, 1.82) is 0 Å². The van der Waals surface area contributed by atoms with E-state index in [2.05, 4.69) is 9.88 Å². The summed E-state index contributed by atoms with van der Waals surface area (Å²) in [5.74, 6) is -5.35. The Morgan fingerprint density at radius 1 is 0.770 bits per heavy atom. The van der Waals surface area contributed by atoms with E-state index in [4.69, 9.17) is 20.4 Å². The lowest BCUT2D eigenvalue weighted by Crippen LogP contribution is -2.39. The molecule has 0 aliphatic carbocycles. The van der Waals surface area contributed by atoms with E-state index >= 15 is 0 Å². The van der Waals surface area contributed by atoms with Gasteiger partial charge in [-0.3, -0.25) is 9.59 Å². The van der Waals surface area contributed by atoms with Crippen LogP contribution in [0.25, 0.3) is 22.0 Å². The highest BCUT2D eigenvalue weighted by Crippen LogP contribution is 2.31. The van der Waals surface area contributed by atoms with Crippen LogP contribution in [-0.4, -0.2) is 96.0 Å². The second kappa shape index (κ2) is 21.0. The van der Waals surface area contributed by atoms with E-state index in [1.54, 1.807) is 33.7 Å². The zero-order valence-electron chi connectivity index (χ0n) is 32.9. The lowest BCUT2D eigenvalue weighted by atomic mass is 10.0. The number of nitrogens with zero attached hydrogens (tertiary/aromatic N) is 4. The quantitative estimate of drug-likeness (QED) is 0.0689. The first-order valence-corrected chi connectivity index (χ1v) is 19.5. The fourth-order valence-corrected chi connectivity index (χ4v) is 6.94. The van der Waals surface area contributed by atoms with E-state index in [1.165, 1.54) is 37.1 Å². The molecule has 4 N–H and O–H groups in total. The van der Waals surface area contributed by atoms with Crippen LogP contribution in [0.1, 0.15) is 48.2 Å². The summed E-state index contributed by atoms with van der Waals surface area (Å²) in [6.07, 6.45) is -4.67. The van der Waals surface area contributed by atoms with Crippen LogP contribution in [0.2, 0.25) is 0 Å². The molecule has 1 aliphatic heterocycles. The summed E-state index contributed by atoms with van der Waals surface area (Å²) in [5.41, 5.74) is 1.75. The number of rotatable bonds is 16. The maximum Gasteiger partial charge on any atom is 0.416 e. The molecule has 0 radical (unpaired) electrons. The first-order chi connectivity index (χ1) is 29.0.